The normalized spacial score (nSPS) is 10.9. The summed E-state index contributed by atoms with van der Waals surface area (Å²) in [5.41, 5.74) is 0. The molecule has 0 aliphatic carbocycles. The zero-order chi connectivity index (χ0) is 9.52. The summed E-state index contributed by atoms with van der Waals surface area (Å²) in [5.74, 6) is 0.759. The molecule has 0 aliphatic heterocycles. The van der Waals surface area contributed by atoms with Gasteiger partial charge in [0.2, 0.25) is 0 Å². The van der Waals surface area contributed by atoms with Crippen LogP contribution in [0.3, 0.4) is 0 Å². The van der Waals surface area contributed by atoms with E-state index in [0.717, 1.165) is 10.2 Å². The summed E-state index contributed by atoms with van der Waals surface area (Å²) in [4.78, 5) is 3.97. The monoisotopic (exact) mass is 375 g/mol. The molecule has 1 atom stereocenters. The van der Waals surface area contributed by atoms with E-state index in [0.29, 0.717) is 19.7 Å². The van der Waals surface area contributed by atoms with Gasteiger partial charge in [0.25, 0.3) is 0 Å². The molecule has 0 radical (unpaired) electrons. The van der Waals surface area contributed by atoms with E-state index in [9.17, 15) is 0 Å². The number of rotatable bonds is 5. The summed E-state index contributed by atoms with van der Waals surface area (Å²) < 4.78 is 11.4. The molecule has 1 heterocycles. The largest absolute Gasteiger partial charge is 0.490 e. The zero-order valence-corrected chi connectivity index (χ0v) is 11.4. The molecule has 0 aromatic carbocycles. The van der Waals surface area contributed by atoms with Crippen LogP contribution in [0.2, 0.25) is 0 Å². The molecule has 0 bridgehead atoms. The second kappa shape index (κ2) is 6.92. The van der Waals surface area contributed by atoms with Crippen molar-refractivity contribution in [3.05, 3.63) is 22.9 Å². The van der Waals surface area contributed by atoms with Crippen LogP contribution in [0.25, 0.3) is 0 Å². The van der Waals surface area contributed by atoms with Gasteiger partial charge in [-0.1, -0.05) is 0 Å². The predicted octanol–water partition coefficient (Wildman–Crippen LogP) is 3.18. The summed E-state index contributed by atoms with van der Waals surface area (Å²) in [6.45, 7) is 1.67. The third-order valence-electron chi connectivity index (χ3n) is 1.19. The number of hydrogen-bond acceptors (Lipinski definition) is 3. The maximum Gasteiger partial charge on any atom is 0.138 e. The van der Waals surface area contributed by atoms with Crippen molar-refractivity contribution in [1.82, 2.24) is 4.98 Å². The number of ether oxygens (including phenoxy) is 1. The summed E-state index contributed by atoms with van der Waals surface area (Å²) >= 11 is 5.49. The van der Waals surface area contributed by atoms with Crippen molar-refractivity contribution in [3.63, 3.8) is 0 Å². The molecule has 1 aromatic heterocycles. The maximum atomic E-state index is 5.37. The molecule has 0 fully saturated rings. The van der Waals surface area contributed by atoms with Crippen LogP contribution in [0.1, 0.15) is 0 Å². The molecule has 13 heavy (non-hydrogen) atoms. The standard InChI is InChI=1S/C7H8BrINO2P/c8-6-3-7(5-10-4-6)11-1-2-12-13-9/h3-5,13H,1-2H2. The molecule has 3 nitrogen and oxygen atoms in total. The van der Waals surface area contributed by atoms with Crippen LogP contribution in [0.15, 0.2) is 22.9 Å². The van der Waals surface area contributed by atoms with Crippen molar-refractivity contribution < 1.29 is 9.26 Å². The molecule has 6 heteroatoms. The fraction of sp³-hybridized carbons (Fsp3) is 0.286. The van der Waals surface area contributed by atoms with Crippen LogP contribution >= 0.6 is 44.4 Å². The lowest BCUT2D eigenvalue weighted by atomic mass is 10.5. The Morgan fingerprint density at radius 1 is 1.46 bits per heavy atom. The number of halogens is 2. The number of hydrogen-bond donors (Lipinski definition) is 0. The Hall–Kier alpha value is 0.550. The van der Waals surface area contributed by atoms with Gasteiger partial charge >= 0.3 is 0 Å². The van der Waals surface area contributed by atoms with Crippen molar-refractivity contribution in [2.24, 2.45) is 0 Å². The van der Waals surface area contributed by atoms with Crippen LogP contribution in [0.4, 0.5) is 0 Å². The van der Waals surface area contributed by atoms with E-state index in [1.54, 1.807) is 12.4 Å². The van der Waals surface area contributed by atoms with E-state index in [1.165, 1.54) is 0 Å². The molecular formula is C7H8BrINO2P. The molecule has 1 rings (SSSR count). The molecule has 0 aliphatic rings. The third kappa shape index (κ3) is 5.10. The smallest absolute Gasteiger partial charge is 0.138 e. The van der Waals surface area contributed by atoms with Gasteiger partial charge in [-0.2, -0.15) is 0 Å². The Kier molecular flexibility index (Phi) is 6.19. The first kappa shape index (κ1) is 11.6. The van der Waals surface area contributed by atoms with Gasteiger partial charge in [0, 0.05) is 10.7 Å². The van der Waals surface area contributed by atoms with Crippen LogP contribution in [0.5, 0.6) is 5.75 Å². The average Bonchev–Trinajstić information content (AvgIpc) is 2.13. The lowest BCUT2D eigenvalue weighted by molar-refractivity contribution is 0.236. The van der Waals surface area contributed by atoms with Gasteiger partial charge in [-0.15, -0.1) is 0 Å². The summed E-state index contributed by atoms with van der Waals surface area (Å²) in [6.07, 6.45) is 3.40. The van der Waals surface area contributed by atoms with E-state index in [4.69, 9.17) is 9.26 Å². The molecule has 0 N–H and O–H groups in total. The second-order valence-corrected chi connectivity index (χ2v) is 4.79. The highest BCUT2D eigenvalue weighted by atomic mass is 127. The van der Waals surface area contributed by atoms with Crippen molar-refractivity contribution in [2.45, 2.75) is 0 Å². The van der Waals surface area contributed by atoms with Crippen LogP contribution in [0, 0.1) is 0 Å². The highest BCUT2D eigenvalue weighted by Crippen LogP contribution is 2.21. The third-order valence-corrected chi connectivity index (χ3v) is 2.87. The van der Waals surface area contributed by atoms with E-state index >= 15 is 0 Å². The van der Waals surface area contributed by atoms with Gasteiger partial charge < -0.3 is 9.26 Å². The molecular weight excluding hydrogens is 368 g/mol. The predicted molar refractivity (Wildman–Crippen MR) is 65.7 cm³/mol. The summed E-state index contributed by atoms with van der Waals surface area (Å²) in [7, 11) is 0. The number of aromatic nitrogens is 1. The number of nitrogens with zero attached hydrogens (tertiary/aromatic N) is 1. The fourth-order valence-electron chi connectivity index (χ4n) is 0.711. The highest BCUT2D eigenvalue weighted by molar-refractivity contribution is 14.2. The van der Waals surface area contributed by atoms with Gasteiger partial charge in [0.1, 0.15) is 12.4 Å². The van der Waals surface area contributed by atoms with Crippen LogP contribution < -0.4 is 4.74 Å². The topological polar surface area (TPSA) is 31.4 Å². The Labute approximate surface area is 100 Å². The SMILES string of the molecule is Brc1cncc(OCCOPI)c1. The second-order valence-electron chi connectivity index (χ2n) is 2.11. The first-order valence-corrected chi connectivity index (χ1v) is 8.35. The van der Waals surface area contributed by atoms with Crippen LogP contribution in [-0.2, 0) is 4.52 Å². The van der Waals surface area contributed by atoms with Gasteiger partial charge in [-0.05, 0) is 44.0 Å². The van der Waals surface area contributed by atoms with Gasteiger partial charge in [0.15, 0.2) is 0 Å². The fourth-order valence-corrected chi connectivity index (χ4v) is 1.88. The Morgan fingerprint density at radius 3 is 3.00 bits per heavy atom. The highest BCUT2D eigenvalue weighted by Gasteiger charge is 1.94. The van der Waals surface area contributed by atoms with E-state index in [2.05, 4.69) is 43.0 Å². The van der Waals surface area contributed by atoms with Crippen molar-refractivity contribution in [1.29, 1.82) is 0 Å². The first-order valence-electron chi connectivity index (χ1n) is 3.53. The summed E-state index contributed by atoms with van der Waals surface area (Å²) in [6, 6.07) is 1.87. The van der Waals surface area contributed by atoms with Crippen molar-refractivity contribution in [3.8, 4) is 5.75 Å². The van der Waals surface area contributed by atoms with Gasteiger partial charge in [-0.25, -0.2) is 0 Å². The Balaban J connectivity index is 2.28. The zero-order valence-electron chi connectivity index (χ0n) is 6.67. The van der Waals surface area contributed by atoms with Gasteiger partial charge in [0.05, 0.1) is 19.3 Å². The quantitative estimate of drug-likeness (QED) is 0.450. The Morgan fingerprint density at radius 2 is 2.31 bits per heavy atom. The molecule has 0 spiro atoms. The van der Waals surface area contributed by atoms with Crippen molar-refractivity contribution in [2.75, 3.05) is 13.2 Å². The van der Waals surface area contributed by atoms with E-state index in [1.807, 2.05) is 6.07 Å². The molecule has 72 valence electrons. The van der Waals surface area contributed by atoms with Crippen molar-refractivity contribution >= 4 is 44.4 Å². The molecule has 1 aromatic rings. The van der Waals surface area contributed by atoms with Crippen LogP contribution in [-0.4, -0.2) is 18.2 Å². The molecule has 1 unspecified atom stereocenters. The minimum absolute atomic E-state index is 0.488. The molecule has 0 saturated carbocycles. The summed E-state index contributed by atoms with van der Waals surface area (Å²) in [5, 5.41) is 0. The average molecular weight is 376 g/mol. The van der Waals surface area contributed by atoms with Gasteiger partial charge in [-0.3, -0.25) is 4.98 Å². The molecule has 0 amide bonds. The maximum absolute atomic E-state index is 5.37. The van der Waals surface area contributed by atoms with E-state index < -0.39 is 0 Å². The van der Waals surface area contributed by atoms with E-state index in [-0.39, 0.29) is 0 Å². The Bertz CT molecular complexity index is 264. The lowest BCUT2D eigenvalue weighted by Gasteiger charge is -2.04. The number of pyridine rings is 1. The first-order chi connectivity index (χ1) is 6.33. The minimum Gasteiger partial charge on any atom is -0.490 e. The molecule has 0 saturated heterocycles. The minimum atomic E-state index is 0.488. The lowest BCUT2D eigenvalue weighted by Crippen LogP contribution is -2.02.